The van der Waals surface area contributed by atoms with Crippen LogP contribution in [-0.2, 0) is 4.79 Å². The van der Waals surface area contributed by atoms with Crippen LogP contribution in [0.5, 0.6) is 5.75 Å². The summed E-state index contributed by atoms with van der Waals surface area (Å²) >= 11 is 9.21. The van der Waals surface area contributed by atoms with Crippen molar-refractivity contribution in [2.24, 2.45) is 5.10 Å². The normalized spacial score (nSPS) is 10.6. The van der Waals surface area contributed by atoms with Gasteiger partial charge in [0.25, 0.3) is 5.91 Å². The van der Waals surface area contributed by atoms with Crippen LogP contribution in [0.2, 0.25) is 5.02 Å². The van der Waals surface area contributed by atoms with Crippen LogP contribution >= 0.6 is 27.5 Å². The van der Waals surface area contributed by atoms with E-state index in [0.717, 1.165) is 10.0 Å². The summed E-state index contributed by atoms with van der Waals surface area (Å²) in [5.74, 6) is 0.186. The fourth-order valence-corrected chi connectivity index (χ4v) is 2.06. The minimum absolute atomic E-state index is 0.131. The van der Waals surface area contributed by atoms with Crippen LogP contribution in [0, 0.1) is 0 Å². The zero-order valence-corrected chi connectivity index (χ0v) is 13.3. The summed E-state index contributed by atoms with van der Waals surface area (Å²) in [6.45, 7) is -0.131. The molecule has 0 aliphatic heterocycles. The summed E-state index contributed by atoms with van der Waals surface area (Å²) in [6, 6.07) is 14.4. The summed E-state index contributed by atoms with van der Waals surface area (Å²) < 4.78 is 6.20. The molecule has 4 nitrogen and oxygen atoms in total. The molecule has 0 aromatic heterocycles. The van der Waals surface area contributed by atoms with E-state index in [1.54, 1.807) is 30.5 Å². The van der Waals surface area contributed by atoms with Gasteiger partial charge in [-0.2, -0.15) is 5.10 Å². The largest absolute Gasteiger partial charge is 0.484 e. The second-order valence-corrected chi connectivity index (χ2v) is 5.35. The van der Waals surface area contributed by atoms with Crippen LogP contribution in [0.1, 0.15) is 5.56 Å². The first kappa shape index (κ1) is 15.5. The Morgan fingerprint density at radius 3 is 2.86 bits per heavy atom. The second kappa shape index (κ2) is 7.81. The molecule has 2 aromatic rings. The van der Waals surface area contributed by atoms with Crippen LogP contribution in [-0.4, -0.2) is 18.7 Å². The average molecular weight is 368 g/mol. The molecule has 0 unspecified atom stereocenters. The topological polar surface area (TPSA) is 50.7 Å². The molecule has 0 bridgehead atoms. The van der Waals surface area contributed by atoms with Gasteiger partial charge in [-0.15, -0.1) is 0 Å². The zero-order valence-electron chi connectivity index (χ0n) is 10.9. The SMILES string of the molecule is O=C(COc1cccc(Cl)c1)NN=Cc1ccccc1Br. The van der Waals surface area contributed by atoms with Gasteiger partial charge in [-0.05, 0) is 24.3 Å². The molecular formula is C15H12BrClN2O2. The number of carbonyl (C=O) groups is 1. The predicted octanol–water partition coefficient (Wildman–Crippen LogP) is 3.63. The van der Waals surface area contributed by atoms with E-state index in [1.807, 2.05) is 24.3 Å². The number of rotatable bonds is 5. The Morgan fingerprint density at radius 2 is 2.10 bits per heavy atom. The van der Waals surface area contributed by atoms with E-state index in [4.69, 9.17) is 16.3 Å². The quantitative estimate of drug-likeness (QED) is 0.648. The summed E-state index contributed by atoms with van der Waals surface area (Å²) in [7, 11) is 0. The van der Waals surface area contributed by atoms with E-state index >= 15 is 0 Å². The number of amides is 1. The highest BCUT2D eigenvalue weighted by molar-refractivity contribution is 9.10. The Hall–Kier alpha value is -1.85. The van der Waals surface area contributed by atoms with Gasteiger partial charge in [0, 0.05) is 15.1 Å². The highest BCUT2D eigenvalue weighted by Gasteiger charge is 2.02. The van der Waals surface area contributed by atoms with E-state index in [9.17, 15) is 4.79 Å². The van der Waals surface area contributed by atoms with E-state index in [2.05, 4.69) is 26.5 Å². The Bertz CT molecular complexity index is 662. The summed E-state index contributed by atoms with van der Waals surface area (Å²) in [4.78, 5) is 11.6. The van der Waals surface area contributed by atoms with Crippen molar-refractivity contribution >= 4 is 39.7 Å². The second-order valence-electron chi connectivity index (χ2n) is 4.06. The molecule has 1 amide bonds. The molecule has 6 heteroatoms. The van der Waals surface area contributed by atoms with Gasteiger partial charge >= 0.3 is 0 Å². The number of hydrogen-bond acceptors (Lipinski definition) is 3. The molecule has 2 rings (SSSR count). The van der Waals surface area contributed by atoms with E-state index < -0.39 is 0 Å². The third kappa shape index (κ3) is 5.21. The maximum Gasteiger partial charge on any atom is 0.277 e. The van der Waals surface area contributed by atoms with Gasteiger partial charge in [0.1, 0.15) is 5.75 Å². The van der Waals surface area contributed by atoms with Crippen molar-refractivity contribution in [2.45, 2.75) is 0 Å². The van der Waals surface area contributed by atoms with Crippen molar-refractivity contribution in [2.75, 3.05) is 6.61 Å². The number of benzene rings is 2. The molecule has 0 aliphatic rings. The number of halogens is 2. The van der Waals surface area contributed by atoms with Crippen molar-refractivity contribution in [1.82, 2.24) is 5.43 Å². The highest BCUT2D eigenvalue weighted by Crippen LogP contribution is 2.16. The summed E-state index contributed by atoms with van der Waals surface area (Å²) in [5.41, 5.74) is 3.26. The molecule has 0 spiro atoms. The number of ether oxygens (including phenoxy) is 1. The van der Waals surface area contributed by atoms with Gasteiger partial charge in [0.2, 0.25) is 0 Å². The fourth-order valence-electron chi connectivity index (χ4n) is 1.49. The monoisotopic (exact) mass is 366 g/mol. The molecule has 0 saturated carbocycles. The van der Waals surface area contributed by atoms with Crippen molar-refractivity contribution in [3.63, 3.8) is 0 Å². The number of carbonyl (C=O) groups excluding carboxylic acids is 1. The third-order valence-corrected chi connectivity index (χ3v) is 3.42. The molecule has 0 fully saturated rings. The first-order valence-electron chi connectivity index (χ1n) is 6.10. The van der Waals surface area contributed by atoms with Crippen molar-refractivity contribution in [1.29, 1.82) is 0 Å². The summed E-state index contributed by atoms with van der Waals surface area (Å²) in [5, 5.41) is 4.43. The van der Waals surface area contributed by atoms with Crippen molar-refractivity contribution < 1.29 is 9.53 Å². The lowest BCUT2D eigenvalue weighted by molar-refractivity contribution is -0.123. The standard InChI is InChI=1S/C15H12BrClN2O2/c16-14-7-2-1-4-11(14)9-18-19-15(20)10-21-13-6-3-5-12(17)8-13/h1-9H,10H2,(H,19,20). The lowest BCUT2D eigenvalue weighted by atomic mass is 10.2. The Kier molecular flexibility index (Phi) is 5.78. The fraction of sp³-hybridized carbons (Fsp3) is 0.0667. The number of nitrogens with zero attached hydrogens (tertiary/aromatic N) is 1. The first-order valence-corrected chi connectivity index (χ1v) is 7.27. The van der Waals surface area contributed by atoms with Gasteiger partial charge in [0.05, 0.1) is 6.21 Å². The molecule has 2 aromatic carbocycles. The van der Waals surface area contributed by atoms with E-state index in [1.165, 1.54) is 0 Å². The molecule has 108 valence electrons. The molecule has 0 radical (unpaired) electrons. The Labute approximate surface area is 135 Å². The first-order chi connectivity index (χ1) is 10.1. The van der Waals surface area contributed by atoms with Gasteiger partial charge < -0.3 is 4.74 Å². The highest BCUT2D eigenvalue weighted by atomic mass is 79.9. The number of nitrogens with one attached hydrogen (secondary N) is 1. The van der Waals surface area contributed by atoms with Crippen molar-refractivity contribution in [3.05, 3.63) is 63.6 Å². The minimum atomic E-state index is -0.349. The summed E-state index contributed by atoms with van der Waals surface area (Å²) in [6.07, 6.45) is 1.56. The minimum Gasteiger partial charge on any atom is -0.484 e. The molecule has 0 aliphatic carbocycles. The van der Waals surface area contributed by atoms with Crippen LogP contribution in [0.25, 0.3) is 0 Å². The van der Waals surface area contributed by atoms with Crippen molar-refractivity contribution in [3.8, 4) is 5.75 Å². The van der Waals surface area contributed by atoms with Gasteiger partial charge in [-0.3, -0.25) is 4.79 Å². The third-order valence-electron chi connectivity index (χ3n) is 2.46. The molecule has 0 heterocycles. The molecule has 21 heavy (non-hydrogen) atoms. The molecular weight excluding hydrogens is 356 g/mol. The Morgan fingerprint density at radius 1 is 1.29 bits per heavy atom. The molecule has 0 saturated heterocycles. The smallest absolute Gasteiger partial charge is 0.277 e. The number of hydrazone groups is 1. The lowest BCUT2D eigenvalue weighted by Gasteiger charge is -2.05. The van der Waals surface area contributed by atoms with Crippen LogP contribution in [0.15, 0.2) is 58.1 Å². The maximum absolute atomic E-state index is 11.6. The Balaban J connectivity index is 1.81. The van der Waals surface area contributed by atoms with Gasteiger partial charge in [-0.1, -0.05) is 51.8 Å². The average Bonchev–Trinajstić information content (AvgIpc) is 2.47. The number of hydrogen-bond donors (Lipinski definition) is 1. The van der Waals surface area contributed by atoms with Crippen LogP contribution in [0.3, 0.4) is 0 Å². The van der Waals surface area contributed by atoms with Crippen LogP contribution in [0.4, 0.5) is 0 Å². The lowest BCUT2D eigenvalue weighted by Crippen LogP contribution is -2.24. The van der Waals surface area contributed by atoms with E-state index in [-0.39, 0.29) is 12.5 Å². The molecule has 1 N–H and O–H groups in total. The van der Waals surface area contributed by atoms with E-state index in [0.29, 0.717) is 10.8 Å². The zero-order chi connectivity index (χ0) is 15.1. The maximum atomic E-state index is 11.6. The van der Waals surface area contributed by atoms with Gasteiger partial charge in [0.15, 0.2) is 6.61 Å². The predicted molar refractivity (Wildman–Crippen MR) is 86.8 cm³/mol. The molecule has 0 atom stereocenters. The van der Waals surface area contributed by atoms with Crippen LogP contribution < -0.4 is 10.2 Å². The van der Waals surface area contributed by atoms with Gasteiger partial charge in [-0.25, -0.2) is 5.43 Å².